The van der Waals surface area contributed by atoms with E-state index in [0.717, 1.165) is 29.3 Å². The fraction of sp³-hybridized carbons (Fsp3) is 0.323. The maximum Gasteiger partial charge on any atom is 0.243 e. The second-order valence-corrected chi connectivity index (χ2v) is 10.6. The van der Waals surface area contributed by atoms with Crippen LogP contribution in [-0.2, 0) is 23.1 Å². The molecule has 4 aromatic rings. The first-order valence-electron chi connectivity index (χ1n) is 13.4. The van der Waals surface area contributed by atoms with E-state index in [9.17, 15) is 18.4 Å². The fourth-order valence-corrected chi connectivity index (χ4v) is 5.66. The van der Waals surface area contributed by atoms with Gasteiger partial charge in [-0.3, -0.25) is 14.3 Å². The Bertz CT molecular complexity index is 1530. The summed E-state index contributed by atoms with van der Waals surface area (Å²) in [4.78, 5) is 28.3. The molecule has 39 heavy (non-hydrogen) atoms. The van der Waals surface area contributed by atoms with E-state index in [0.29, 0.717) is 16.8 Å². The maximum atomic E-state index is 15.0. The second-order valence-electron chi connectivity index (χ2n) is 10.6. The van der Waals surface area contributed by atoms with Crippen LogP contribution in [0.4, 0.5) is 8.78 Å². The highest BCUT2D eigenvalue weighted by Gasteiger charge is 2.41. The third-order valence-electron chi connectivity index (χ3n) is 7.82. The predicted octanol–water partition coefficient (Wildman–Crippen LogP) is 4.98. The number of nitrogens with one attached hydrogen (secondary N) is 1. The minimum atomic E-state index is -1.31. The van der Waals surface area contributed by atoms with Crippen molar-refractivity contribution in [2.24, 2.45) is 7.05 Å². The average molecular weight is 529 g/mol. The van der Waals surface area contributed by atoms with Gasteiger partial charge in [0.05, 0.1) is 30.2 Å². The Morgan fingerprint density at radius 1 is 1.03 bits per heavy atom. The highest BCUT2D eigenvalue weighted by Crippen LogP contribution is 2.42. The van der Waals surface area contributed by atoms with Gasteiger partial charge in [0, 0.05) is 18.9 Å². The minimum absolute atomic E-state index is 0.0339. The summed E-state index contributed by atoms with van der Waals surface area (Å²) in [5.74, 6) is -0.834. The van der Waals surface area contributed by atoms with Gasteiger partial charge >= 0.3 is 0 Å². The van der Waals surface area contributed by atoms with Crippen LogP contribution in [0.25, 0.3) is 10.9 Å². The number of amides is 2. The Hall–Kier alpha value is -4.07. The van der Waals surface area contributed by atoms with Gasteiger partial charge in [-0.1, -0.05) is 60.7 Å². The number of hydrogen-bond donors (Lipinski definition) is 1. The summed E-state index contributed by atoms with van der Waals surface area (Å²) in [6.07, 6.45) is 0.541. The summed E-state index contributed by atoms with van der Waals surface area (Å²) in [6, 6.07) is 20.4. The van der Waals surface area contributed by atoms with E-state index in [4.69, 9.17) is 0 Å². The molecule has 1 aromatic heterocycles. The molecular weight excluding hydrogens is 498 g/mol. The average Bonchev–Trinajstić information content (AvgIpc) is 3.63. The summed E-state index contributed by atoms with van der Waals surface area (Å²) in [5, 5.41) is 8.34. The van der Waals surface area contributed by atoms with Crippen LogP contribution in [0.3, 0.4) is 0 Å². The largest absolute Gasteiger partial charge is 0.343 e. The SMILES string of the molecule is Cn1nc(CC(=O)N2C[C@H](F)C[C@H]2C(=O)N[C@@H](c2ccccc2)c2ccc(C3CC3)c(F)c2)c2ccccc21. The van der Waals surface area contributed by atoms with Crippen LogP contribution in [0.15, 0.2) is 72.8 Å². The molecule has 1 N–H and O–H groups in total. The Labute approximate surface area is 225 Å². The quantitative estimate of drug-likeness (QED) is 0.368. The lowest BCUT2D eigenvalue weighted by Crippen LogP contribution is -2.47. The molecule has 0 radical (unpaired) electrons. The van der Waals surface area contributed by atoms with Gasteiger partial charge in [-0.2, -0.15) is 5.10 Å². The molecule has 0 bridgehead atoms. The summed E-state index contributed by atoms with van der Waals surface area (Å²) >= 11 is 0. The summed E-state index contributed by atoms with van der Waals surface area (Å²) in [6.45, 7) is -0.150. The first-order valence-corrected chi connectivity index (χ1v) is 13.4. The van der Waals surface area contributed by atoms with Crippen molar-refractivity contribution in [3.05, 3.63) is 101 Å². The third-order valence-corrected chi connectivity index (χ3v) is 7.82. The number of carbonyl (C=O) groups is 2. The van der Waals surface area contributed by atoms with Crippen LogP contribution < -0.4 is 5.32 Å². The molecule has 1 aliphatic carbocycles. The first-order chi connectivity index (χ1) is 18.9. The number of aryl methyl sites for hydroxylation is 1. The zero-order chi connectivity index (χ0) is 27.1. The van der Waals surface area contributed by atoms with Crippen molar-refractivity contribution in [2.45, 2.75) is 49.9 Å². The summed E-state index contributed by atoms with van der Waals surface area (Å²) in [5.41, 5.74) is 3.56. The van der Waals surface area contributed by atoms with E-state index in [1.165, 1.54) is 11.0 Å². The van der Waals surface area contributed by atoms with Gasteiger partial charge in [-0.25, -0.2) is 8.78 Å². The molecule has 6 nitrogen and oxygen atoms in total. The van der Waals surface area contributed by atoms with Gasteiger partial charge in [-0.05, 0) is 47.6 Å². The van der Waals surface area contributed by atoms with Crippen molar-refractivity contribution in [1.82, 2.24) is 20.0 Å². The molecule has 3 aromatic carbocycles. The number of fused-ring (bicyclic) bond motifs is 1. The molecule has 1 aliphatic heterocycles. The Morgan fingerprint density at radius 2 is 1.77 bits per heavy atom. The maximum absolute atomic E-state index is 15.0. The normalized spacial score (nSPS) is 19.8. The third kappa shape index (κ3) is 5.03. The molecular formula is C31H30F2N4O2. The second kappa shape index (κ2) is 10.2. The van der Waals surface area contributed by atoms with Crippen LogP contribution in [0.1, 0.15) is 53.6 Å². The lowest BCUT2D eigenvalue weighted by molar-refractivity contribution is -0.138. The highest BCUT2D eigenvalue weighted by atomic mass is 19.1. The number of hydrogen-bond acceptors (Lipinski definition) is 3. The Morgan fingerprint density at radius 3 is 2.51 bits per heavy atom. The zero-order valence-corrected chi connectivity index (χ0v) is 21.7. The molecule has 2 aliphatic rings. The van der Waals surface area contributed by atoms with Gasteiger partial charge in [0.2, 0.25) is 11.8 Å². The minimum Gasteiger partial charge on any atom is -0.343 e. The van der Waals surface area contributed by atoms with Crippen molar-refractivity contribution in [3.63, 3.8) is 0 Å². The molecule has 1 saturated carbocycles. The summed E-state index contributed by atoms with van der Waals surface area (Å²) < 4.78 is 31.3. The summed E-state index contributed by atoms with van der Waals surface area (Å²) in [7, 11) is 1.81. The molecule has 2 fully saturated rings. The van der Waals surface area contributed by atoms with Crippen LogP contribution in [0.5, 0.6) is 0 Å². The monoisotopic (exact) mass is 528 g/mol. The molecule has 0 spiro atoms. The molecule has 200 valence electrons. The topological polar surface area (TPSA) is 67.2 Å². The fourth-order valence-electron chi connectivity index (χ4n) is 5.66. The van der Waals surface area contributed by atoms with E-state index in [-0.39, 0.29) is 37.0 Å². The van der Waals surface area contributed by atoms with Crippen LogP contribution >= 0.6 is 0 Å². The van der Waals surface area contributed by atoms with Gasteiger partial charge in [-0.15, -0.1) is 0 Å². The Kier molecular flexibility index (Phi) is 6.62. The van der Waals surface area contributed by atoms with Crippen molar-refractivity contribution >= 4 is 22.7 Å². The highest BCUT2D eigenvalue weighted by molar-refractivity contribution is 5.92. The van der Waals surface area contributed by atoms with Crippen molar-refractivity contribution in [3.8, 4) is 0 Å². The number of aromatic nitrogens is 2. The number of likely N-dealkylation sites (tertiary alicyclic amines) is 1. The smallest absolute Gasteiger partial charge is 0.243 e. The molecule has 0 unspecified atom stereocenters. The van der Waals surface area contributed by atoms with Crippen molar-refractivity contribution in [1.29, 1.82) is 0 Å². The number of benzene rings is 3. The molecule has 2 heterocycles. The number of alkyl halides is 1. The lowest BCUT2D eigenvalue weighted by atomic mass is 9.96. The number of nitrogens with zero attached hydrogens (tertiary/aromatic N) is 3. The van der Waals surface area contributed by atoms with E-state index < -0.39 is 24.2 Å². The Balaban J connectivity index is 1.25. The van der Waals surface area contributed by atoms with Gasteiger partial charge in [0.25, 0.3) is 0 Å². The number of rotatable bonds is 7. The molecule has 1 saturated heterocycles. The van der Waals surface area contributed by atoms with Gasteiger partial charge in [0.15, 0.2) is 0 Å². The predicted molar refractivity (Wildman–Crippen MR) is 144 cm³/mol. The lowest BCUT2D eigenvalue weighted by Gasteiger charge is -2.27. The number of halogens is 2. The zero-order valence-electron chi connectivity index (χ0n) is 21.7. The van der Waals surface area contributed by atoms with Gasteiger partial charge in [0.1, 0.15) is 18.0 Å². The number of para-hydroxylation sites is 1. The number of carbonyl (C=O) groups excluding carboxylic acids is 2. The standard InChI is InChI=1S/C31H30F2N4O2/c1-36-27-10-6-5-9-24(27)26(35-36)17-29(38)37-18-22(32)16-28(37)31(39)34-30(20-7-3-2-4-8-20)21-13-14-23(19-11-12-19)25(33)15-21/h2-10,13-15,19,22,28,30H,11-12,16-18H2,1H3,(H,34,39)/t22-,28+,30+/m1/s1. The van der Waals surface area contributed by atoms with E-state index in [2.05, 4.69) is 10.4 Å². The van der Waals surface area contributed by atoms with E-state index in [1.54, 1.807) is 10.7 Å². The molecule has 3 atom stereocenters. The molecule has 8 heteroatoms. The van der Waals surface area contributed by atoms with E-state index >= 15 is 0 Å². The van der Waals surface area contributed by atoms with Crippen LogP contribution in [0, 0.1) is 5.82 Å². The molecule has 6 rings (SSSR count). The van der Waals surface area contributed by atoms with Crippen LogP contribution in [-0.4, -0.2) is 45.3 Å². The van der Waals surface area contributed by atoms with Crippen LogP contribution in [0.2, 0.25) is 0 Å². The van der Waals surface area contributed by atoms with Crippen molar-refractivity contribution in [2.75, 3.05) is 6.54 Å². The molecule has 2 amide bonds. The first kappa shape index (κ1) is 25.2. The van der Waals surface area contributed by atoms with Gasteiger partial charge < -0.3 is 10.2 Å². The van der Waals surface area contributed by atoms with Crippen molar-refractivity contribution < 1.29 is 18.4 Å². The van der Waals surface area contributed by atoms with E-state index in [1.807, 2.05) is 67.7 Å².